The van der Waals surface area contributed by atoms with Crippen LogP contribution in [0, 0.1) is 6.92 Å². The predicted octanol–water partition coefficient (Wildman–Crippen LogP) is 3.67. The van der Waals surface area contributed by atoms with Gasteiger partial charge in [-0.1, -0.05) is 29.8 Å². The van der Waals surface area contributed by atoms with E-state index < -0.39 is 0 Å². The summed E-state index contributed by atoms with van der Waals surface area (Å²) in [4.78, 5) is 4.47. The van der Waals surface area contributed by atoms with Crippen LogP contribution in [0.2, 0.25) is 0 Å². The first-order valence-corrected chi connectivity index (χ1v) is 6.05. The molecule has 0 bridgehead atoms. The van der Waals surface area contributed by atoms with Gasteiger partial charge in [-0.3, -0.25) is 5.10 Å². The van der Waals surface area contributed by atoms with E-state index in [9.17, 15) is 0 Å². The molecule has 0 atom stereocenters. The van der Waals surface area contributed by atoms with Gasteiger partial charge in [0.15, 0.2) is 5.82 Å². The molecule has 0 aliphatic heterocycles. The van der Waals surface area contributed by atoms with E-state index in [1.54, 1.807) is 0 Å². The lowest BCUT2D eigenvalue weighted by Crippen LogP contribution is -1.89. The summed E-state index contributed by atoms with van der Waals surface area (Å²) in [6.45, 7) is 6.25. The van der Waals surface area contributed by atoms with Gasteiger partial charge in [-0.2, -0.15) is 5.10 Å². The summed E-state index contributed by atoms with van der Waals surface area (Å²) in [6.07, 6.45) is 0. The van der Waals surface area contributed by atoms with Crippen molar-refractivity contribution in [3.8, 4) is 11.4 Å². The van der Waals surface area contributed by atoms with E-state index in [1.165, 1.54) is 5.56 Å². The fourth-order valence-corrected chi connectivity index (χ4v) is 2.13. The van der Waals surface area contributed by atoms with Gasteiger partial charge in [0.25, 0.3) is 0 Å². The Kier molecular flexibility index (Phi) is 3.10. The number of benzene rings is 1. The highest BCUT2D eigenvalue weighted by molar-refractivity contribution is 9.10. The lowest BCUT2D eigenvalue weighted by molar-refractivity contribution is 0.781. The second-order valence-electron chi connectivity index (χ2n) is 4.22. The van der Waals surface area contributed by atoms with Crippen molar-refractivity contribution >= 4 is 15.9 Å². The molecule has 2 rings (SSSR count). The average molecular weight is 280 g/mol. The predicted molar refractivity (Wildman–Crippen MR) is 68.3 cm³/mol. The number of aromatic nitrogens is 3. The maximum absolute atomic E-state index is 4.47. The third kappa shape index (κ3) is 2.32. The van der Waals surface area contributed by atoms with Crippen molar-refractivity contribution in [1.29, 1.82) is 0 Å². The first-order valence-electron chi connectivity index (χ1n) is 5.26. The van der Waals surface area contributed by atoms with E-state index in [-0.39, 0.29) is 0 Å². The van der Waals surface area contributed by atoms with Gasteiger partial charge in [-0.05, 0) is 30.7 Å². The fourth-order valence-electron chi connectivity index (χ4n) is 1.53. The van der Waals surface area contributed by atoms with Crippen LogP contribution in [0.25, 0.3) is 11.4 Å². The molecule has 0 spiro atoms. The summed E-state index contributed by atoms with van der Waals surface area (Å²) >= 11 is 3.48. The van der Waals surface area contributed by atoms with Crippen LogP contribution in [0.5, 0.6) is 0 Å². The quantitative estimate of drug-likeness (QED) is 0.912. The normalized spacial score (nSPS) is 11.1. The Morgan fingerprint density at radius 2 is 2.00 bits per heavy atom. The van der Waals surface area contributed by atoms with Gasteiger partial charge in [0.05, 0.1) is 0 Å². The van der Waals surface area contributed by atoms with Crippen molar-refractivity contribution in [2.24, 2.45) is 0 Å². The number of aromatic amines is 1. The van der Waals surface area contributed by atoms with E-state index >= 15 is 0 Å². The van der Waals surface area contributed by atoms with E-state index in [2.05, 4.69) is 64.0 Å². The van der Waals surface area contributed by atoms with Crippen LogP contribution in [0.1, 0.15) is 31.2 Å². The topological polar surface area (TPSA) is 41.6 Å². The number of halogens is 1. The van der Waals surface area contributed by atoms with Crippen molar-refractivity contribution in [1.82, 2.24) is 15.2 Å². The van der Waals surface area contributed by atoms with E-state index in [4.69, 9.17) is 0 Å². The van der Waals surface area contributed by atoms with Gasteiger partial charge in [0.1, 0.15) is 5.82 Å². The molecule has 0 aliphatic carbocycles. The van der Waals surface area contributed by atoms with Crippen LogP contribution in [-0.4, -0.2) is 15.2 Å². The third-order valence-corrected chi connectivity index (χ3v) is 2.81. The van der Waals surface area contributed by atoms with E-state index in [0.29, 0.717) is 5.92 Å². The molecule has 0 radical (unpaired) electrons. The van der Waals surface area contributed by atoms with Crippen LogP contribution in [0.15, 0.2) is 22.7 Å². The minimum absolute atomic E-state index is 0.370. The monoisotopic (exact) mass is 279 g/mol. The summed E-state index contributed by atoms with van der Waals surface area (Å²) in [6, 6.07) is 6.18. The fraction of sp³-hybridized carbons (Fsp3) is 0.333. The zero-order valence-corrected chi connectivity index (χ0v) is 11.2. The van der Waals surface area contributed by atoms with Crippen molar-refractivity contribution in [2.75, 3.05) is 0 Å². The third-order valence-electron chi connectivity index (χ3n) is 2.35. The number of rotatable bonds is 2. The SMILES string of the molecule is Cc1cc(Br)cc(-c2n[nH]c(C(C)C)n2)c1. The molecule has 1 N–H and O–H groups in total. The van der Waals surface area contributed by atoms with Crippen molar-refractivity contribution in [3.63, 3.8) is 0 Å². The molecule has 3 nitrogen and oxygen atoms in total. The van der Waals surface area contributed by atoms with Crippen molar-refractivity contribution in [2.45, 2.75) is 26.7 Å². The van der Waals surface area contributed by atoms with Gasteiger partial charge in [0.2, 0.25) is 0 Å². The zero-order valence-electron chi connectivity index (χ0n) is 9.58. The Morgan fingerprint density at radius 1 is 1.25 bits per heavy atom. The van der Waals surface area contributed by atoms with Crippen LogP contribution >= 0.6 is 15.9 Å². The molecular formula is C12H14BrN3. The minimum atomic E-state index is 0.370. The van der Waals surface area contributed by atoms with Crippen LogP contribution < -0.4 is 0 Å². The largest absolute Gasteiger partial charge is 0.262 e. The number of hydrogen-bond donors (Lipinski definition) is 1. The number of nitrogens with zero attached hydrogens (tertiary/aromatic N) is 2. The van der Waals surface area contributed by atoms with Crippen LogP contribution in [0.4, 0.5) is 0 Å². The Hall–Kier alpha value is -1.16. The summed E-state index contributed by atoms with van der Waals surface area (Å²) in [5.41, 5.74) is 2.23. The standard InChI is InChI=1S/C12H14BrN3/c1-7(2)11-14-12(16-15-11)9-4-8(3)5-10(13)6-9/h4-7H,1-3H3,(H,14,15,16). The number of hydrogen-bond acceptors (Lipinski definition) is 2. The number of H-pyrrole nitrogens is 1. The molecule has 16 heavy (non-hydrogen) atoms. The molecule has 0 fully saturated rings. The second kappa shape index (κ2) is 4.37. The molecule has 1 aromatic heterocycles. The summed E-state index contributed by atoms with van der Waals surface area (Å²) in [5.74, 6) is 2.05. The lowest BCUT2D eigenvalue weighted by Gasteiger charge is -1.99. The highest BCUT2D eigenvalue weighted by Crippen LogP contribution is 2.23. The van der Waals surface area contributed by atoms with Gasteiger partial charge < -0.3 is 0 Å². The molecule has 0 unspecified atom stereocenters. The Morgan fingerprint density at radius 3 is 2.56 bits per heavy atom. The van der Waals surface area contributed by atoms with E-state index in [1.807, 2.05) is 6.07 Å². The van der Waals surface area contributed by atoms with Crippen LogP contribution in [0.3, 0.4) is 0 Å². The van der Waals surface area contributed by atoms with Crippen molar-refractivity contribution < 1.29 is 0 Å². The Bertz CT molecular complexity index is 482. The number of aryl methyl sites for hydroxylation is 1. The Labute approximate surface area is 103 Å². The molecule has 0 saturated heterocycles. The summed E-state index contributed by atoms with van der Waals surface area (Å²) in [5, 5.41) is 7.20. The van der Waals surface area contributed by atoms with Gasteiger partial charge in [0, 0.05) is 16.0 Å². The van der Waals surface area contributed by atoms with E-state index in [0.717, 1.165) is 21.7 Å². The summed E-state index contributed by atoms with van der Waals surface area (Å²) < 4.78 is 1.05. The van der Waals surface area contributed by atoms with Gasteiger partial charge in [-0.25, -0.2) is 4.98 Å². The zero-order chi connectivity index (χ0) is 11.7. The highest BCUT2D eigenvalue weighted by atomic mass is 79.9. The molecule has 0 saturated carbocycles. The molecule has 1 heterocycles. The highest BCUT2D eigenvalue weighted by Gasteiger charge is 2.09. The maximum atomic E-state index is 4.47. The molecular weight excluding hydrogens is 266 g/mol. The van der Waals surface area contributed by atoms with Gasteiger partial charge in [-0.15, -0.1) is 0 Å². The lowest BCUT2D eigenvalue weighted by atomic mass is 10.1. The minimum Gasteiger partial charge on any atom is -0.262 e. The maximum Gasteiger partial charge on any atom is 0.181 e. The van der Waals surface area contributed by atoms with Crippen LogP contribution in [-0.2, 0) is 0 Å². The first kappa shape index (κ1) is 11.3. The number of nitrogens with one attached hydrogen (secondary N) is 1. The van der Waals surface area contributed by atoms with Crippen molar-refractivity contribution in [3.05, 3.63) is 34.1 Å². The average Bonchev–Trinajstić information content (AvgIpc) is 2.64. The van der Waals surface area contributed by atoms with Gasteiger partial charge >= 0.3 is 0 Å². The molecule has 4 heteroatoms. The molecule has 84 valence electrons. The molecule has 1 aromatic carbocycles. The molecule has 2 aromatic rings. The molecule has 0 amide bonds. The first-order chi connectivity index (χ1) is 7.56. The summed E-state index contributed by atoms with van der Waals surface area (Å²) in [7, 11) is 0. The molecule has 0 aliphatic rings. The second-order valence-corrected chi connectivity index (χ2v) is 5.13. The smallest absolute Gasteiger partial charge is 0.181 e. The Balaban J connectivity index is 2.42.